The minimum Gasteiger partial charge on any atom is -0.454 e. The molecule has 0 aliphatic rings. The van der Waals surface area contributed by atoms with E-state index < -0.39 is 6.61 Å². The minimum atomic E-state index is -2.84. The molecule has 3 heterocycles. The van der Waals surface area contributed by atoms with Crippen LogP contribution in [-0.4, -0.2) is 21.4 Å². The van der Waals surface area contributed by atoms with Gasteiger partial charge in [-0.2, -0.15) is 13.9 Å². The van der Waals surface area contributed by atoms with Gasteiger partial charge in [0.1, 0.15) is 17.0 Å². The number of nitrogens with zero attached hydrogens (tertiary/aromatic N) is 3. The lowest BCUT2D eigenvalue weighted by atomic mass is 10.1. The van der Waals surface area contributed by atoms with Gasteiger partial charge >= 0.3 is 6.61 Å². The molecular formula is C18H13F2N3O2. The van der Waals surface area contributed by atoms with E-state index in [0.29, 0.717) is 16.9 Å². The molecule has 7 heteroatoms. The smallest absolute Gasteiger partial charge is 0.387 e. The fourth-order valence-corrected chi connectivity index (χ4v) is 2.67. The summed E-state index contributed by atoms with van der Waals surface area (Å²) < 4.78 is 36.5. The van der Waals surface area contributed by atoms with Crippen molar-refractivity contribution in [2.24, 2.45) is 7.05 Å². The van der Waals surface area contributed by atoms with Gasteiger partial charge in [0.05, 0.1) is 6.20 Å². The van der Waals surface area contributed by atoms with Gasteiger partial charge in [-0.1, -0.05) is 0 Å². The summed E-state index contributed by atoms with van der Waals surface area (Å²) in [4.78, 5) is 4.33. The fraction of sp³-hybridized carbons (Fsp3) is 0.111. The Morgan fingerprint density at radius 2 is 1.92 bits per heavy atom. The molecule has 4 rings (SSSR count). The van der Waals surface area contributed by atoms with Crippen LogP contribution in [0.15, 0.2) is 59.4 Å². The predicted octanol–water partition coefficient (Wildman–Crippen LogP) is 4.50. The number of pyridine rings is 1. The molecule has 0 N–H and O–H groups in total. The van der Waals surface area contributed by atoms with E-state index >= 15 is 0 Å². The molecule has 0 aliphatic heterocycles. The summed E-state index contributed by atoms with van der Waals surface area (Å²) in [5.41, 5.74) is 3.93. The lowest BCUT2D eigenvalue weighted by Gasteiger charge is -2.04. The van der Waals surface area contributed by atoms with Crippen LogP contribution in [0.2, 0.25) is 0 Å². The van der Waals surface area contributed by atoms with Gasteiger partial charge in [0, 0.05) is 42.2 Å². The largest absolute Gasteiger partial charge is 0.454 e. The van der Waals surface area contributed by atoms with Crippen molar-refractivity contribution in [1.29, 1.82) is 0 Å². The molecule has 0 bridgehead atoms. The fourth-order valence-electron chi connectivity index (χ4n) is 2.67. The number of hydrogen-bond donors (Lipinski definition) is 0. The molecule has 5 nitrogen and oxygen atoms in total. The summed E-state index contributed by atoms with van der Waals surface area (Å²) in [7, 11) is 1.85. The number of aryl methyl sites for hydroxylation is 1. The van der Waals surface area contributed by atoms with Gasteiger partial charge < -0.3 is 9.15 Å². The van der Waals surface area contributed by atoms with Crippen LogP contribution in [0.25, 0.3) is 33.6 Å². The maximum absolute atomic E-state index is 12.2. The number of rotatable bonds is 4. The minimum absolute atomic E-state index is 0.101. The number of benzene rings is 1. The van der Waals surface area contributed by atoms with Crippen LogP contribution in [0.5, 0.6) is 5.75 Å². The van der Waals surface area contributed by atoms with Crippen molar-refractivity contribution in [1.82, 2.24) is 14.8 Å². The van der Waals surface area contributed by atoms with Crippen LogP contribution in [0, 0.1) is 0 Å². The third kappa shape index (κ3) is 2.96. The molecule has 0 saturated carbocycles. The Morgan fingerprint density at radius 1 is 1.12 bits per heavy atom. The molecule has 1 aromatic carbocycles. The lowest BCUT2D eigenvalue weighted by Crippen LogP contribution is -2.01. The van der Waals surface area contributed by atoms with E-state index in [1.807, 2.05) is 25.4 Å². The first-order valence-corrected chi connectivity index (χ1v) is 7.53. The van der Waals surface area contributed by atoms with Crippen LogP contribution in [0.4, 0.5) is 8.78 Å². The summed E-state index contributed by atoms with van der Waals surface area (Å²) in [6, 6.07) is 9.97. The molecule has 0 saturated heterocycles. The Bertz CT molecular complexity index is 1020. The number of aromatic nitrogens is 3. The normalized spacial score (nSPS) is 11.4. The Hall–Kier alpha value is -3.22. The molecule has 126 valence electrons. The van der Waals surface area contributed by atoms with Crippen molar-refractivity contribution in [2.45, 2.75) is 6.61 Å². The van der Waals surface area contributed by atoms with Crippen molar-refractivity contribution in [2.75, 3.05) is 0 Å². The molecule has 0 radical (unpaired) electrons. The van der Waals surface area contributed by atoms with E-state index in [-0.39, 0.29) is 5.75 Å². The summed E-state index contributed by atoms with van der Waals surface area (Å²) in [5.74, 6) is 0.700. The monoisotopic (exact) mass is 341 g/mol. The van der Waals surface area contributed by atoms with Gasteiger partial charge in [-0.3, -0.25) is 9.67 Å². The van der Waals surface area contributed by atoms with Gasteiger partial charge in [-0.25, -0.2) is 0 Å². The molecule has 3 aromatic heterocycles. The number of furan rings is 1. The summed E-state index contributed by atoms with van der Waals surface area (Å²) in [6.45, 7) is -2.84. The van der Waals surface area contributed by atoms with E-state index in [1.165, 1.54) is 12.1 Å². The van der Waals surface area contributed by atoms with E-state index in [1.54, 1.807) is 29.2 Å². The van der Waals surface area contributed by atoms with Crippen molar-refractivity contribution in [3.05, 3.63) is 55.0 Å². The highest BCUT2D eigenvalue weighted by atomic mass is 19.3. The van der Waals surface area contributed by atoms with E-state index in [9.17, 15) is 8.78 Å². The molecule has 4 aromatic rings. The average molecular weight is 341 g/mol. The molecule has 0 spiro atoms. The highest BCUT2D eigenvalue weighted by Gasteiger charge is 2.13. The maximum Gasteiger partial charge on any atom is 0.387 e. The average Bonchev–Trinajstić information content (AvgIpc) is 3.20. The first kappa shape index (κ1) is 15.3. The second kappa shape index (κ2) is 6.01. The molecule has 0 amide bonds. The van der Waals surface area contributed by atoms with Crippen LogP contribution in [-0.2, 0) is 7.05 Å². The Balaban J connectivity index is 1.74. The Morgan fingerprint density at radius 3 is 2.60 bits per heavy atom. The first-order valence-electron chi connectivity index (χ1n) is 7.53. The van der Waals surface area contributed by atoms with Gasteiger partial charge in [-0.05, 0) is 30.3 Å². The van der Waals surface area contributed by atoms with E-state index in [2.05, 4.69) is 14.8 Å². The third-order valence-corrected chi connectivity index (χ3v) is 3.79. The van der Waals surface area contributed by atoms with Crippen LogP contribution >= 0.6 is 0 Å². The van der Waals surface area contributed by atoms with Crippen LogP contribution < -0.4 is 4.74 Å². The predicted molar refractivity (Wildman–Crippen MR) is 88.3 cm³/mol. The molecular weight excluding hydrogens is 328 g/mol. The highest BCUT2D eigenvalue weighted by molar-refractivity contribution is 5.92. The van der Waals surface area contributed by atoms with E-state index in [4.69, 9.17) is 4.42 Å². The van der Waals surface area contributed by atoms with Crippen molar-refractivity contribution in [3.63, 3.8) is 0 Å². The lowest BCUT2D eigenvalue weighted by molar-refractivity contribution is -0.0498. The second-order valence-corrected chi connectivity index (χ2v) is 5.49. The zero-order chi connectivity index (χ0) is 17.4. The van der Waals surface area contributed by atoms with E-state index in [0.717, 1.165) is 16.7 Å². The van der Waals surface area contributed by atoms with Crippen molar-refractivity contribution < 1.29 is 17.9 Å². The number of halogens is 2. The number of hydrogen-bond acceptors (Lipinski definition) is 4. The second-order valence-electron chi connectivity index (χ2n) is 5.49. The molecule has 0 aliphatic carbocycles. The topological polar surface area (TPSA) is 53.1 Å². The number of ether oxygens (including phenoxy) is 1. The van der Waals surface area contributed by atoms with Gasteiger partial charge in [0.25, 0.3) is 0 Å². The van der Waals surface area contributed by atoms with Crippen LogP contribution in [0.1, 0.15) is 0 Å². The molecule has 0 fully saturated rings. The van der Waals surface area contributed by atoms with Crippen LogP contribution in [0.3, 0.4) is 0 Å². The van der Waals surface area contributed by atoms with Gasteiger partial charge in [0.15, 0.2) is 5.58 Å². The van der Waals surface area contributed by atoms with Gasteiger partial charge in [-0.15, -0.1) is 0 Å². The summed E-state index contributed by atoms with van der Waals surface area (Å²) in [6.07, 6.45) is 5.37. The Labute approximate surface area is 141 Å². The van der Waals surface area contributed by atoms with Gasteiger partial charge in [0.2, 0.25) is 0 Å². The SMILES string of the molecule is Cn1cc(-c2ccnc3cc(-c4ccc(OC(F)F)cc4)oc23)cn1. The molecule has 0 atom stereocenters. The summed E-state index contributed by atoms with van der Waals surface area (Å²) in [5, 5.41) is 4.18. The number of fused-ring (bicyclic) bond motifs is 1. The zero-order valence-electron chi connectivity index (χ0n) is 13.2. The molecule has 0 unspecified atom stereocenters. The highest BCUT2D eigenvalue weighted by Crippen LogP contribution is 2.33. The molecule has 25 heavy (non-hydrogen) atoms. The van der Waals surface area contributed by atoms with Crippen molar-refractivity contribution in [3.8, 4) is 28.2 Å². The third-order valence-electron chi connectivity index (χ3n) is 3.79. The Kier molecular flexibility index (Phi) is 3.68. The zero-order valence-corrected chi connectivity index (χ0v) is 13.2. The van der Waals surface area contributed by atoms with Crippen molar-refractivity contribution >= 4 is 11.1 Å². The quantitative estimate of drug-likeness (QED) is 0.548. The maximum atomic E-state index is 12.2. The first-order chi connectivity index (χ1) is 12.1. The summed E-state index contributed by atoms with van der Waals surface area (Å²) >= 11 is 0. The number of alkyl halides is 2. The standard InChI is InChI=1S/C18H13F2N3O2/c1-23-10-12(9-22-23)14-6-7-21-15-8-16(25-17(14)15)11-2-4-13(5-3-11)24-18(19)20/h2-10,18H,1H3.